The fraction of sp³-hybridized carbons (Fsp3) is 0.0909. The second kappa shape index (κ2) is 12.2. The number of nitrogens with one attached hydrogen (secondary N) is 2. The molecule has 2 N–H and O–H groups in total. The van der Waals surface area contributed by atoms with Crippen molar-refractivity contribution < 1.29 is 0 Å². The molecular formula is C44H36N6. The number of aromatic amines is 2. The predicted octanol–water partition coefficient (Wildman–Crippen LogP) is 9.59. The Morgan fingerprint density at radius 1 is 0.560 bits per heavy atom. The van der Waals surface area contributed by atoms with Gasteiger partial charge in [-0.1, -0.05) is 72.8 Å². The molecule has 5 aromatic rings. The number of fused-ring (bicyclic) bond motifs is 8. The molecule has 6 heteroatoms. The third-order valence-corrected chi connectivity index (χ3v) is 9.56. The van der Waals surface area contributed by atoms with Crippen molar-refractivity contribution >= 4 is 51.4 Å². The van der Waals surface area contributed by atoms with E-state index in [1.165, 1.54) is 0 Å². The second-order valence-corrected chi connectivity index (χ2v) is 13.1. The molecule has 0 amide bonds. The van der Waals surface area contributed by atoms with Gasteiger partial charge in [0.15, 0.2) is 0 Å². The van der Waals surface area contributed by atoms with Crippen LogP contribution < -0.4 is 0 Å². The lowest BCUT2D eigenvalue weighted by atomic mass is 9.90. The summed E-state index contributed by atoms with van der Waals surface area (Å²) in [6.45, 7) is 1.63. The van der Waals surface area contributed by atoms with Crippen molar-refractivity contribution in [1.82, 2.24) is 29.7 Å². The van der Waals surface area contributed by atoms with Gasteiger partial charge in [0.05, 0.1) is 28.3 Å². The van der Waals surface area contributed by atoms with Crippen molar-refractivity contribution in [2.24, 2.45) is 0 Å². The van der Waals surface area contributed by atoms with Crippen molar-refractivity contribution in [3.63, 3.8) is 0 Å². The van der Waals surface area contributed by atoms with E-state index in [-0.39, 0.29) is 0 Å². The summed E-state index contributed by atoms with van der Waals surface area (Å²) >= 11 is 0. The number of rotatable bonds is 4. The molecule has 2 aromatic carbocycles. The molecular weight excluding hydrogens is 613 g/mol. The summed E-state index contributed by atoms with van der Waals surface area (Å²) < 4.78 is 0. The van der Waals surface area contributed by atoms with Crippen LogP contribution in [0.2, 0.25) is 0 Å². The van der Waals surface area contributed by atoms with Crippen LogP contribution in [0.25, 0.3) is 73.7 Å². The van der Waals surface area contributed by atoms with E-state index in [2.05, 4.69) is 180 Å². The van der Waals surface area contributed by atoms with Gasteiger partial charge in [-0.05, 0) is 95.4 Å². The van der Waals surface area contributed by atoms with Crippen LogP contribution >= 0.6 is 0 Å². The summed E-state index contributed by atoms with van der Waals surface area (Å²) in [7, 11) is 4.21. The van der Waals surface area contributed by atoms with Gasteiger partial charge in [-0.25, -0.2) is 9.97 Å². The lowest BCUT2D eigenvalue weighted by Crippen LogP contribution is -2.14. The lowest BCUT2D eigenvalue weighted by molar-refractivity contribution is 0.503. The van der Waals surface area contributed by atoms with Crippen molar-refractivity contribution in [2.45, 2.75) is 0 Å². The van der Waals surface area contributed by atoms with Gasteiger partial charge in [-0.3, -0.25) is 0 Å². The van der Waals surface area contributed by atoms with Gasteiger partial charge in [0.2, 0.25) is 0 Å². The third-order valence-electron chi connectivity index (χ3n) is 9.56. The number of benzene rings is 2. The SMILES string of the molecule is CN1C=CC(C2=Cc3cc4ccc(cc5nc(cc6[nH]c(c(C7=CCN(C)C=C7)c2n3)c(-c2ccccc2)c6-c2ccccc2)C=C5)[nH]4)=CC1. The van der Waals surface area contributed by atoms with E-state index in [0.29, 0.717) is 0 Å². The van der Waals surface area contributed by atoms with Gasteiger partial charge in [0.1, 0.15) is 0 Å². The molecule has 0 radical (unpaired) electrons. The van der Waals surface area contributed by atoms with Gasteiger partial charge in [-0.15, -0.1) is 0 Å². The predicted molar refractivity (Wildman–Crippen MR) is 208 cm³/mol. The monoisotopic (exact) mass is 648 g/mol. The smallest absolute Gasteiger partial charge is 0.0815 e. The quantitative estimate of drug-likeness (QED) is 0.200. The maximum Gasteiger partial charge on any atom is 0.0815 e. The molecule has 0 fully saturated rings. The largest absolute Gasteiger partial charge is 0.377 e. The Morgan fingerprint density at radius 3 is 1.80 bits per heavy atom. The third kappa shape index (κ3) is 5.51. The Balaban J connectivity index is 1.50. The maximum atomic E-state index is 5.48. The maximum absolute atomic E-state index is 5.48. The van der Waals surface area contributed by atoms with Gasteiger partial charge in [-0.2, -0.15) is 0 Å². The van der Waals surface area contributed by atoms with Gasteiger partial charge < -0.3 is 19.8 Å². The average molecular weight is 649 g/mol. The molecule has 6 nitrogen and oxygen atoms in total. The molecule has 0 aliphatic carbocycles. The lowest BCUT2D eigenvalue weighted by Gasteiger charge is -2.21. The van der Waals surface area contributed by atoms with Crippen LogP contribution in [-0.4, -0.2) is 56.9 Å². The number of allylic oxidation sites excluding steroid dienone is 5. The van der Waals surface area contributed by atoms with Crippen LogP contribution in [0.15, 0.2) is 133 Å². The summed E-state index contributed by atoms with van der Waals surface area (Å²) in [5, 5.41) is 0. The summed E-state index contributed by atoms with van der Waals surface area (Å²) in [5.74, 6) is 0. The highest BCUT2D eigenvalue weighted by Crippen LogP contribution is 2.45. The zero-order valence-corrected chi connectivity index (χ0v) is 28.1. The Kier molecular flexibility index (Phi) is 7.28. The molecule has 4 aliphatic heterocycles. The van der Waals surface area contributed by atoms with Crippen LogP contribution in [0.4, 0.5) is 0 Å². The Bertz CT molecular complexity index is 2500. The molecule has 9 rings (SSSR count). The summed E-state index contributed by atoms with van der Waals surface area (Å²) in [4.78, 5) is 22.4. The van der Waals surface area contributed by atoms with Gasteiger partial charge in [0, 0.05) is 66.0 Å². The molecule has 8 bridgehead atoms. The number of nitrogens with zero attached hydrogens (tertiary/aromatic N) is 4. The van der Waals surface area contributed by atoms with Crippen molar-refractivity contribution in [1.29, 1.82) is 0 Å². The molecule has 0 unspecified atom stereocenters. The van der Waals surface area contributed by atoms with E-state index in [9.17, 15) is 0 Å². The van der Waals surface area contributed by atoms with Crippen LogP contribution in [0, 0.1) is 0 Å². The first kappa shape index (κ1) is 29.7. The van der Waals surface area contributed by atoms with Crippen LogP contribution in [0.3, 0.4) is 0 Å². The highest BCUT2D eigenvalue weighted by Gasteiger charge is 2.26. The highest BCUT2D eigenvalue weighted by molar-refractivity contribution is 6.10. The molecule has 4 aliphatic rings. The Hall–Kier alpha value is -6.40. The first-order valence-electron chi connectivity index (χ1n) is 17.0. The number of H-pyrrole nitrogens is 2. The fourth-order valence-corrected chi connectivity index (χ4v) is 7.10. The number of hydrogen-bond acceptors (Lipinski definition) is 4. The first-order chi connectivity index (χ1) is 24.6. The van der Waals surface area contributed by atoms with E-state index in [1.807, 2.05) is 0 Å². The van der Waals surface area contributed by atoms with Crippen molar-refractivity contribution in [2.75, 3.05) is 27.2 Å². The van der Waals surface area contributed by atoms with Gasteiger partial charge >= 0.3 is 0 Å². The van der Waals surface area contributed by atoms with E-state index in [4.69, 9.17) is 9.97 Å². The number of aromatic nitrogens is 4. The second-order valence-electron chi connectivity index (χ2n) is 13.1. The standard InChI is InChI=1S/C44H36N6/c1-49-21-17-29(18-22-49)38-27-37-26-35-14-13-33(45-35)25-34-15-16-36(46-34)28-39-40(30-9-5-3-6-10-30)41(31-11-7-4-8-12-31)44(48-39)42(43(38)47-37)32-19-23-50(2)24-20-32/h3-21,23,25-28,45,48H,22,24H2,1-2H3. The zero-order chi connectivity index (χ0) is 33.6. The fourth-order valence-electron chi connectivity index (χ4n) is 7.10. The molecule has 3 aromatic heterocycles. The highest BCUT2D eigenvalue weighted by atomic mass is 15.1. The minimum Gasteiger partial charge on any atom is -0.377 e. The minimum absolute atomic E-state index is 0.797. The topological polar surface area (TPSA) is 63.8 Å². The van der Waals surface area contributed by atoms with Crippen LogP contribution in [0.5, 0.6) is 0 Å². The Labute approximate surface area is 291 Å². The average Bonchev–Trinajstić information content (AvgIpc) is 3.95. The van der Waals surface area contributed by atoms with E-state index in [0.717, 1.165) is 102 Å². The zero-order valence-electron chi connectivity index (χ0n) is 28.1. The summed E-state index contributed by atoms with van der Waals surface area (Å²) in [6, 6.07) is 32.0. The molecule has 0 saturated heterocycles. The molecule has 7 heterocycles. The van der Waals surface area contributed by atoms with Crippen LogP contribution in [-0.2, 0) is 0 Å². The molecule has 0 spiro atoms. The number of hydrogen-bond donors (Lipinski definition) is 2. The molecule has 0 saturated carbocycles. The van der Waals surface area contributed by atoms with E-state index >= 15 is 0 Å². The number of likely N-dealkylation sites (N-methyl/N-ethyl adjacent to an activating group) is 2. The molecule has 0 atom stereocenters. The molecule has 242 valence electrons. The summed E-state index contributed by atoms with van der Waals surface area (Å²) in [6.07, 6.45) is 19.7. The normalized spacial score (nSPS) is 15.3. The summed E-state index contributed by atoms with van der Waals surface area (Å²) in [5.41, 5.74) is 16.6. The first-order valence-corrected chi connectivity index (χ1v) is 17.0. The van der Waals surface area contributed by atoms with E-state index < -0.39 is 0 Å². The van der Waals surface area contributed by atoms with Gasteiger partial charge in [0.25, 0.3) is 0 Å². The van der Waals surface area contributed by atoms with Crippen molar-refractivity contribution in [3.8, 4) is 22.3 Å². The minimum atomic E-state index is 0.797. The van der Waals surface area contributed by atoms with Crippen LogP contribution in [0.1, 0.15) is 28.3 Å². The molecule has 50 heavy (non-hydrogen) atoms. The van der Waals surface area contributed by atoms with Crippen molar-refractivity contribution in [3.05, 3.63) is 162 Å². The van der Waals surface area contributed by atoms with E-state index in [1.54, 1.807) is 0 Å². The Morgan fingerprint density at radius 2 is 1.16 bits per heavy atom.